The van der Waals surface area contributed by atoms with Crippen molar-refractivity contribution in [2.45, 2.75) is 30.1 Å². The maximum atomic E-state index is 13.5. The first-order chi connectivity index (χ1) is 16.6. The molecule has 1 unspecified atom stereocenters. The van der Waals surface area contributed by atoms with Gasteiger partial charge in [-0.2, -0.15) is 0 Å². The van der Waals surface area contributed by atoms with E-state index < -0.39 is 5.92 Å². The third-order valence-corrected chi connectivity index (χ3v) is 7.26. The molecule has 2 aliphatic rings. The number of amidine groups is 1. The number of allylic oxidation sites excluding steroid dienone is 2. The Morgan fingerprint density at radius 3 is 2.24 bits per heavy atom. The zero-order chi connectivity index (χ0) is 23.7. The number of hydrogen-bond donors (Lipinski definition) is 2. The first-order valence-electron chi connectivity index (χ1n) is 11.4. The molecule has 34 heavy (non-hydrogen) atoms. The van der Waals surface area contributed by atoms with Crippen LogP contribution in [0, 0.1) is 5.41 Å². The topological polar surface area (TPSA) is 64.4 Å². The average molecular weight is 467 g/mol. The molecule has 1 heterocycles. The maximum absolute atomic E-state index is 13.5. The number of aliphatic hydroxyl groups is 1. The number of Topliss-reactive ketones (excluding diaryl/α,β-unsaturated/α-hetero) is 1. The molecule has 0 bridgehead atoms. The first kappa shape index (κ1) is 22.2. The lowest BCUT2D eigenvalue weighted by Gasteiger charge is -2.41. The van der Waals surface area contributed by atoms with E-state index in [9.17, 15) is 15.3 Å². The number of aliphatic hydroxyl groups excluding tert-OH is 1. The van der Waals surface area contributed by atoms with Gasteiger partial charge in [0, 0.05) is 45.3 Å². The number of rotatable bonds is 4. The highest BCUT2D eigenvalue weighted by atomic mass is 32.2. The third kappa shape index (κ3) is 3.86. The second-order valence-corrected chi connectivity index (χ2v) is 9.37. The maximum Gasteiger partial charge on any atom is 0.161 e. The average Bonchev–Trinajstić information content (AvgIpc) is 2.89. The molecule has 0 saturated heterocycles. The van der Waals surface area contributed by atoms with E-state index in [4.69, 9.17) is 0 Å². The molecule has 5 heteroatoms. The van der Waals surface area contributed by atoms with Gasteiger partial charge in [-0.25, -0.2) is 0 Å². The number of benzene rings is 3. The van der Waals surface area contributed by atoms with Crippen molar-refractivity contribution in [3.8, 4) is 0 Å². The highest BCUT2D eigenvalue weighted by Gasteiger charge is 2.43. The molecule has 3 aromatic rings. The van der Waals surface area contributed by atoms with E-state index in [-0.39, 0.29) is 17.4 Å². The van der Waals surface area contributed by atoms with Crippen LogP contribution >= 0.6 is 11.8 Å². The summed E-state index contributed by atoms with van der Waals surface area (Å²) in [5, 5.41) is 20.9. The molecule has 5 rings (SSSR count). The van der Waals surface area contributed by atoms with E-state index in [2.05, 4.69) is 0 Å². The van der Waals surface area contributed by atoms with Gasteiger partial charge in [0.2, 0.25) is 0 Å². The van der Waals surface area contributed by atoms with Crippen molar-refractivity contribution in [1.82, 2.24) is 0 Å². The minimum atomic E-state index is -0.494. The third-order valence-electron chi connectivity index (χ3n) is 6.52. The van der Waals surface area contributed by atoms with E-state index in [1.807, 2.05) is 96.1 Å². The molecule has 0 saturated carbocycles. The summed E-state index contributed by atoms with van der Waals surface area (Å²) in [6, 6.07) is 27.1. The molecule has 0 fully saturated rings. The molecule has 0 radical (unpaired) electrons. The number of anilines is 1. The molecular weight excluding hydrogens is 440 g/mol. The summed E-state index contributed by atoms with van der Waals surface area (Å²) >= 11 is 1.66. The second kappa shape index (κ2) is 9.35. The molecule has 1 aliphatic carbocycles. The van der Waals surface area contributed by atoms with Crippen LogP contribution in [-0.4, -0.2) is 23.0 Å². The molecule has 170 valence electrons. The van der Waals surface area contributed by atoms with E-state index in [0.29, 0.717) is 23.1 Å². The number of nitrogens with zero attached hydrogens (tertiary/aromatic N) is 1. The van der Waals surface area contributed by atoms with Crippen LogP contribution in [0.5, 0.6) is 0 Å². The summed E-state index contributed by atoms with van der Waals surface area (Å²) in [5.74, 6) is -0.159. The van der Waals surface area contributed by atoms with Crippen molar-refractivity contribution < 1.29 is 9.90 Å². The predicted molar refractivity (Wildman–Crippen MR) is 139 cm³/mol. The number of ketones is 1. The van der Waals surface area contributed by atoms with E-state index >= 15 is 0 Å². The molecule has 1 aliphatic heterocycles. The van der Waals surface area contributed by atoms with Gasteiger partial charge in [-0.15, -0.1) is 11.8 Å². The number of carbonyl (C=O) groups excluding carboxylic acids is 1. The highest BCUT2D eigenvalue weighted by molar-refractivity contribution is 7.98. The Morgan fingerprint density at radius 1 is 0.941 bits per heavy atom. The molecule has 2 N–H and O–H groups in total. The lowest BCUT2D eigenvalue weighted by atomic mass is 9.73. The van der Waals surface area contributed by atoms with Gasteiger partial charge < -0.3 is 5.11 Å². The number of carbonyl (C=O) groups is 1. The smallest absolute Gasteiger partial charge is 0.161 e. The Labute approximate surface area is 204 Å². The van der Waals surface area contributed by atoms with Gasteiger partial charge in [-0.05, 0) is 48.9 Å². The van der Waals surface area contributed by atoms with E-state index in [0.717, 1.165) is 34.7 Å². The highest BCUT2D eigenvalue weighted by Crippen LogP contribution is 2.48. The van der Waals surface area contributed by atoms with Crippen molar-refractivity contribution in [2.75, 3.05) is 11.2 Å². The number of hydrogen-bond acceptors (Lipinski definition) is 4. The molecule has 4 nitrogen and oxygen atoms in total. The fourth-order valence-electron chi connectivity index (χ4n) is 4.94. The van der Waals surface area contributed by atoms with Gasteiger partial charge in [0.05, 0.1) is 0 Å². The first-order valence-corrected chi connectivity index (χ1v) is 12.7. The van der Waals surface area contributed by atoms with Crippen molar-refractivity contribution in [1.29, 1.82) is 5.41 Å². The van der Waals surface area contributed by atoms with Crippen LogP contribution in [0.4, 0.5) is 5.69 Å². The zero-order valence-electron chi connectivity index (χ0n) is 19.0. The summed E-state index contributed by atoms with van der Waals surface area (Å²) in [6.45, 7) is 0. The summed E-state index contributed by atoms with van der Waals surface area (Å²) in [7, 11) is 0. The van der Waals surface area contributed by atoms with Gasteiger partial charge >= 0.3 is 0 Å². The number of nitrogens with one attached hydrogen (secondary N) is 1. The lowest BCUT2D eigenvalue weighted by molar-refractivity contribution is -0.116. The Morgan fingerprint density at radius 2 is 1.59 bits per heavy atom. The fraction of sp³-hybridized carbons (Fsp3) is 0.172. The molecule has 3 aromatic carbocycles. The van der Waals surface area contributed by atoms with Gasteiger partial charge in [0.1, 0.15) is 11.6 Å². The minimum Gasteiger partial charge on any atom is -0.507 e. The molecular formula is C29H26N2O2S. The van der Waals surface area contributed by atoms with Crippen LogP contribution in [0.15, 0.2) is 107 Å². The number of para-hydroxylation sites is 1. The van der Waals surface area contributed by atoms with Crippen molar-refractivity contribution in [2.24, 2.45) is 0 Å². The van der Waals surface area contributed by atoms with Crippen molar-refractivity contribution >= 4 is 34.8 Å². The Bertz CT molecular complexity index is 1290. The van der Waals surface area contributed by atoms with Crippen molar-refractivity contribution in [3.63, 3.8) is 0 Å². The standard InChI is InChI=1S/C29H26N2O2S/c1-34-22-17-15-19(16-18-22)25-26-23(13-8-14-24(26)32)31(21-11-6-3-7-12-21)29(30)27(25)28(33)20-9-4-2-5-10-20/h2-7,9-12,15-18,25,30,33H,8,13-14H2,1H3/b28-27+,30-29?. The Kier molecular flexibility index (Phi) is 6.12. The van der Waals surface area contributed by atoms with Crippen LogP contribution in [-0.2, 0) is 4.79 Å². The van der Waals surface area contributed by atoms with E-state index in [1.165, 1.54) is 0 Å². The summed E-state index contributed by atoms with van der Waals surface area (Å²) in [6.07, 6.45) is 3.99. The molecule has 0 aromatic heterocycles. The number of thioether (sulfide) groups is 1. The lowest BCUT2D eigenvalue weighted by Crippen LogP contribution is -2.42. The molecule has 0 spiro atoms. The normalized spacial score (nSPS) is 19.8. The van der Waals surface area contributed by atoms with Crippen molar-refractivity contribution in [3.05, 3.63) is 113 Å². The van der Waals surface area contributed by atoms with Gasteiger partial charge in [0.15, 0.2) is 5.78 Å². The van der Waals surface area contributed by atoms with Gasteiger partial charge in [0.25, 0.3) is 0 Å². The summed E-state index contributed by atoms with van der Waals surface area (Å²) in [5.41, 5.74) is 4.39. The van der Waals surface area contributed by atoms with Crippen LogP contribution in [0.25, 0.3) is 5.76 Å². The quantitative estimate of drug-likeness (QED) is 0.322. The van der Waals surface area contributed by atoms with Gasteiger partial charge in [-0.3, -0.25) is 15.1 Å². The van der Waals surface area contributed by atoms with Crippen LogP contribution in [0.3, 0.4) is 0 Å². The zero-order valence-corrected chi connectivity index (χ0v) is 19.8. The molecule has 0 amide bonds. The predicted octanol–water partition coefficient (Wildman–Crippen LogP) is 6.97. The monoisotopic (exact) mass is 466 g/mol. The SMILES string of the molecule is CSc1ccc(C2C3=C(CCCC3=O)N(c3ccccc3)C(=N)/C2=C(/O)c2ccccc2)cc1. The fourth-order valence-corrected chi connectivity index (χ4v) is 5.34. The van der Waals surface area contributed by atoms with E-state index in [1.54, 1.807) is 11.8 Å². The van der Waals surface area contributed by atoms with Crippen LogP contribution in [0.1, 0.15) is 36.3 Å². The summed E-state index contributed by atoms with van der Waals surface area (Å²) in [4.78, 5) is 16.4. The Balaban J connectivity index is 1.81. The largest absolute Gasteiger partial charge is 0.507 e. The molecule has 1 atom stereocenters. The summed E-state index contributed by atoms with van der Waals surface area (Å²) < 4.78 is 0. The minimum absolute atomic E-state index is 0.0374. The Hall–Kier alpha value is -3.57. The van der Waals surface area contributed by atoms with Crippen LogP contribution < -0.4 is 4.90 Å². The van der Waals surface area contributed by atoms with Gasteiger partial charge in [-0.1, -0.05) is 60.7 Å². The van der Waals surface area contributed by atoms with Crippen LogP contribution in [0.2, 0.25) is 0 Å². The second-order valence-electron chi connectivity index (χ2n) is 8.49.